The molecule has 2 saturated carbocycles. The molecule has 2 unspecified atom stereocenters. The number of rotatable bonds is 4. The quantitative estimate of drug-likeness (QED) is 0.666. The molecule has 0 N–H and O–H groups in total. The lowest BCUT2D eigenvalue weighted by Crippen LogP contribution is -2.47. The molecular weight excluding hydrogens is 451 g/mol. The molecule has 2 aromatic rings. The van der Waals surface area contributed by atoms with Gasteiger partial charge >= 0.3 is 6.18 Å². The molecule has 2 saturated heterocycles. The number of hydrogen-bond acceptors (Lipinski definition) is 5. The zero-order chi connectivity index (χ0) is 23.1. The Hall–Kier alpha value is -1.81. The Morgan fingerprint density at radius 3 is 2.55 bits per heavy atom. The Morgan fingerprint density at radius 1 is 1.18 bits per heavy atom. The third-order valence-corrected chi connectivity index (χ3v) is 9.97. The van der Waals surface area contributed by atoms with Gasteiger partial charge in [-0.2, -0.15) is 18.3 Å². The van der Waals surface area contributed by atoms with Gasteiger partial charge in [-0.1, -0.05) is 0 Å². The number of aromatic nitrogens is 4. The fourth-order valence-electron chi connectivity index (χ4n) is 6.54. The normalized spacial score (nSPS) is 35.9. The van der Waals surface area contributed by atoms with Crippen LogP contribution in [0.1, 0.15) is 56.6 Å². The summed E-state index contributed by atoms with van der Waals surface area (Å²) in [5, 5.41) is 4.65. The van der Waals surface area contributed by atoms with E-state index in [1.165, 1.54) is 25.3 Å². The number of alkyl halides is 3. The maximum atomic E-state index is 13.1. The summed E-state index contributed by atoms with van der Waals surface area (Å²) in [4.78, 5) is 9.74. The first-order valence-corrected chi connectivity index (χ1v) is 13.2. The smallest absolute Gasteiger partial charge is 0.300 e. The van der Waals surface area contributed by atoms with Crippen molar-refractivity contribution in [1.82, 2.24) is 24.6 Å². The average molecular weight is 480 g/mol. The van der Waals surface area contributed by atoms with Gasteiger partial charge in [-0.05, 0) is 63.6 Å². The average Bonchev–Trinajstić information content (AvgIpc) is 3.20. The molecule has 4 aliphatic rings. The van der Waals surface area contributed by atoms with Crippen molar-refractivity contribution >= 4 is 10.8 Å². The van der Waals surface area contributed by atoms with E-state index in [0.29, 0.717) is 34.9 Å². The van der Waals surface area contributed by atoms with Crippen molar-refractivity contribution in [2.75, 3.05) is 24.6 Å². The third-order valence-electron chi connectivity index (χ3n) is 8.11. The standard InChI is InChI=1S/C23H28F3N5OS/c1-13(2)31-19(9-18(29-31)17-3-5-27-21(28-17)23(24,25)26)20-15-7-14(8-16(15)20)30-6-4-22(10-30)11-33(32)12-22/h3,5,9,13-16,20H,4,6-8,10-12H2,1-2H3. The lowest BCUT2D eigenvalue weighted by atomic mass is 9.91. The summed E-state index contributed by atoms with van der Waals surface area (Å²) >= 11 is 0. The monoisotopic (exact) mass is 479 g/mol. The molecule has 33 heavy (non-hydrogen) atoms. The minimum atomic E-state index is -4.58. The van der Waals surface area contributed by atoms with Crippen LogP contribution in [-0.4, -0.2) is 59.5 Å². The SMILES string of the molecule is CC(C)n1nc(-c2ccnc(C(F)(F)F)n2)cc1C1C2CC(N3CCC4(C3)CS(=O)C4)CC21. The molecule has 2 aliphatic carbocycles. The van der Waals surface area contributed by atoms with Crippen molar-refractivity contribution in [3.05, 3.63) is 29.8 Å². The van der Waals surface area contributed by atoms with Crippen molar-refractivity contribution in [3.8, 4) is 11.4 Å². The summed E-state index contributed by atoms with van der Waals surface area (Å²) in [7, 11) is -0.602. The number of halogens is 3. The van der Waals surface area contributed by atoms with E-state index in [0.717, 1.165) is 36.5 Å². The minimum absolute atomic E-state index is 0.118. The van der Waals surface area contributed by atoms with Crippen LogP contribution in [0.5, 0.6) is 0 Å². The summed E-state index contributed by atoms with van der Waals surface area (Å²) in [6, 6.07) is 4.16. The fraction of sp³-hybridized carbons (Fsp3) is 0.696. The number of nitrogens with zero attached hydrogens (tertiary/aromatic N) is 5. The highest BCUT2D eigenvalue weighted by Crippen LogP contribution is 2.64. The number of fused-ring (bicyclic) bond motifs is 1. The molecule has 0 radical (unpaired) electrons. The van der Waals surface area contributed by atoms with Gasteiger partial charge < -0.3 is 0 Å². The van der Waals surface area contributed by atoms with E-state index in [-0.39, 0.29) is 11.7 Å². The molecular formula is C23H28F3N5OS. The van der Waals surface area contributed by atoms with Gasteiger partial charge in [-0.15, -0.1) is 0 Å². The third kappa shape index (κ3) is 3.64. The first-order valence-electron chi connectivity index (χ1n) is 11.7. The summed E-state index contributed by atoms with van der Waals surface area (Å²) in [6.45, 7) is 6.31. The van der Waals surface area contributed by atoms with E-state index in [9.17, 15) is 17.4 Å². The van der Waals surface area contributed by atoms with E-state index < -0.39 is 22.8 Å². The first kappa shape index (κ1) is 21.7. The molecule has 0 bridgehead atoms. The van der Waals surface area contributed by atoms with Gasteiger partial charge in [0.25, 0.3) is 0 Å². The minimum Gasteiger partial charge on any atom is -0.300 e. The van der Waals surface area contributed by atoms with Crippen molar-refractivity contribution in [1.29, 1.82) is 0 Å². The molecule has 4 heterocycles. The number of hydrogen-bond donors (Lipinski definition) is 0. The first-order chi connectivity index (χ1) is 15.6. The highest BCUT2D eigenvalue weighted by molar-refractivity contribution is 7.86. The van der Waals surface area contributed by atoms with Crippen molar-refractivity contribution < 1.29 is 17.4 Å². The zero-order valence-electron chi connectivity index (χ0n) is 18.8. The topological polar surface area (TPSA) is 63.9 Å². The molecule has 1 spiro atoms. The maximum Gasteiger partial charge on any atom is 0.451 e. The summed E-state index contributed by atoms with van der Waals surface area (Å²) in [5.74, 6) is 2.26. The molecule has 4 fully saturated rings. The van der Waals surface area contributed by atoms with Gasteiger partial charge in [0.15, 0.2) is 0 Å². The predicted molar refractivity (Wildman–Crippen MR) is 118 cm³/mol. The van der Waals surface area contributed by atoms with Crippen LogP contribution in [0.25, 0.3) is 11.4 Å². The number of likely N-dealkylation sites (tertiary alicyclic amines) is 1. The van der Waals surface area contributed by atoms with Crippen LogP contribution in [0.3, 0.4) is 0 Å². The maximum absolute atomic E-state index is 13.1. The molecule has 0 amide bonds. The molecule has 6 rings (SSSR count). The van der Waals surface area contributed by atoms with Crippen LogP contribution in [0.2, 0.25) is 0 Å². The predicted octanol–water partition coefficient (Wildman–Crippen LogP) is 3.89. The van der Waals surface area contributed by atoms with Crippen LogP contribution < -0.4 is 0 Å². The molecule has 178 valence electrons. The van der Waals surface area contributed by atoms with E-state index in [1.807, 2.05) is 10.7 Å². The highest BCUT2D eigenvalue weighted by Gasteiger charge is 2.60. The fourth-order valence-corrected chi connectivity index (χ4v) is 8.29. The van der Waals surface area contributed by atoms with Crippen molar-refractivity contribution in [2.45, 2.75) is 57.3 Å². The largest absolute Gasteiger partial charge is 0.451 e. The molecule has 2 aliphatic heterocycles. The molecule has 6 nitrogen and oxygen atoms in total. The Bertz CT molecular complexity index is 1100. The highest BCUT2D eigenvalue weighted by atomic mass is 32.2. The van der Waals surface area contributed by atoms with E-state index in [1.54, 1.807) is 0 Å². The van der Waals surface area contributed by atoms with E-state index >= 15 is 0 Å². The van der Waals surface area contributed by atoms with Crippen LogP contribution >= 0.6 is 0 Å². The Kier molecular flexibility index (Phi) is 4.83. The lowest BCUT2D eigenvalue weighted by Gasteiger charge is -2.38. The van der Waals surface area contributed by atoms with Crippen molar-refractivity contribution in [2.24, 2.45) is 17.3 Å². The Morgan fingerprint density at radius 2 is 1.91 bits per heavy atom. The Balaban J connectivity index is 1.18. The van der Waals surface area contributed by atoms with Crippen molar-refractivity contribution in [3.63, 3.8) is 0 Å². The van der Waals surface area contributed by atoms with Gasteiger partial charge in [0.2, 0.25) is 5.82 Å². The summed E-state index contributed by atoms with van der Waals surface area (Å²) in [6.07, 6.45) is 0.0782. The molecule has 0 aromatic carbocycles. The van der Waals surface area contributed by atoms with Gasteiger partial charge in [0.05, 0.1) is 5.69 Å². The Labute approximate surface area is 193 Å². The summed E-state index contributed by atoms with van der Waals surface area (Å²) < 4.78 is 52.8. The molecule has 2 atom stereocenters. The lowest BCUT2D eigenvalue weighted by molar-refractivity contribution is -0.144. The second-order valence-corrected chi connectivity index (χ2v) is 12.1. The second-order valence-electron chi connectivity index (χ2n) is 10.7. The van der Waals surface area contributed by atoms with Gasteiger partial charge in [0.1, 0.15) is 5.69 Å². The van der Waals surface area contributed by atoms with Gasteiger partial charge in [-0.3, -0.25) is 13.8 Å². The van der Waals surface area contributed by atoms with Crippen LogP contribution in [0.15, 0.2) is 18.3 Å². The molecule has 2 aromatic heterocycles. The van der Waals surface area contributed by atoms with Crippen LogP contribution in [-0.2, 0) is 17.0 Å². The van der Waals surface area contributed by atoms with E-state index in [2.05, 4.69) is 33.8 Å². The molecule has 10 heteroatoms. The van der Waals surface area contributed by atoms with Gasteiger partial charge in [0, 0.05) is 64.2 Å². The second kappa shape index (κ2) is 7.34. The van der Waals surface area contributed by atoms with Gasteiger partial charge in [-0.25, -0.2) is 9.97 Å². The van der Waals surface area contributed by atoms with Crippen LogP contribution in [0.4, 0.5) is 13.2 Å². The van der Waals surface area contributed by atoms with Crippen LogP contribution in [0, 0.1) is 17.3 Å². The summed E-state index contributed by atoms with van der Waals surface area (Å²) in [5.41, 5.74) is 2.12. The van der Waals surface area contributed by atoms with E-state index in [4.69, 9.17) is 0 Å². The zero-order valence-corrected chi connectivity index (χ0v) is 19.6.